The number of rotatable bonds is 13. The predicted octanol–water partition coefficient (Wildman–Crippen LogP) is 8.32. The van der Waals surface area contributed by atoms with Crippen LogP contribution in [-0.2, 0) is 22.5 Å². The van der Waals surface area contributed by atoms with Crippen LogP contribution in [0.4, 0.5) is 16.2 Å². The molecular weight excluding hydrogens is 576 g/mol. The fourth-order valence-corrected chi connectivity index (χ4v) is 6.91. The Hall–Kier alpha value is -3.85. The van der Waals surface area contributed by atoms with Crippen molar-refractivity contribution in [2.24, 2.45) is 0 Å². The van der Waals surface area contributed by atoms with Crippen molar-refractivity contribution in [3.8, 4) is 11.5 Å². The van der Waals surface area contributed by atoms with E-state index in [-0.39, 0.29) is 6.54 Å². The molecule has 0 spiro atoms. The maximum Gasteiger partial charge on any atom is 0.407 e. The lowest BCUT2D eigenvalue weighted by Crippen LogP contribution is -2.32. The largest absolute Gasteiger partial charge is 0.496 e. The van der Waals surface area contributed by atoms with E-state index in [1.54, 1.807) is 14.2 Å². The van der Waals surface area contributed by atoms with Crippen molar-refractivity contribution in [2.45, 2.75) is 87.7 Å². The molecule has 9 heteroatoms. The predicted molar refractivity (Wildman–Crippen MR) is 175 cm³/mol. The third kappa shape index (κ3) is 7.80. The quantitative estimate of drug-likeness (QED) is 0.184. The SMILES string of the molecule is CCCCCCN1c2ccc(OC)c(CNC(=O)OC(C)(C)C)c2Sc2c1ccc(OC)c2C(Cc1ccccc1)C(=O)O. The molecule has 1 unspecified atom stereocenters. The summed E-state index contributed by atoms with van der Waals surface area (Å²) in [5.74, 6) is -0.596. The fraction of sp³-hybridized carbons (Fsp3) is 0.429. The molecule has 3 aromatic carbocycles. The number of carboxylic acid groups (broad SMARTS) is 1. The zero-order valence-corrected chi connectivity index (χ0v) is 27.4. The third-order valence-electron chi connectivity index (χ3n) is 7.53. The standard InChI is InChI=1S/C35H44N2O6S/c1-7-8-9-13-20-37-26-16-18-28(41-5)25(22-36-34(40)43-35(2,3)4)31(26)44-32-27(37)17-19-29(42-6)30(32)24(33(38)39)21-23-14-11-10-12-15-23/h10-12,14-19,24H,7-9,13,20-22H2,1-6H3,(H,36,40)(H,38,39). The van der Waals surface area contributed by atoms with Crippen molar-refractivity contribution >= 4 is 35.2 Å². The molecule has 1 aliphatic rings. The summed E-state index contributed by atoms with van der Waals surface area (Å²) in [7, 11) is 3.19. The van der Waals surface area contributed by atoms with E-state index in [0.29, 0.717) is 23.5 Å². The van der Waals surface area contributed by atoms with Gasteiger partial charge in [-0.05, 0) is 63.4 Å². The molecule has 1 amide bonds. The minimum absolute atomic E-state index is 0.180. The van der Waals surface area contributed by atoms with Crippen LogP contribution in [0.1, 0.15) is 76.0 Å². The first kappa shape index (κ1) is 33.1. The summed E-state index contributed by atoms with van der Waals surface area (Å²) >= 11 is 1.51. The zero-order valence-electron chi connectivity index (χ0n) is 26.6. The molecule has 0 saturated carbocycles. The number of anilines is 2. The van der Waals surface area contributed by atoms with Gasteiger partial charge >= 0.3 is 12.1 Å². The van der Waals surface area contributed by atoms with Gasteiger partial charge in [0.15, 0.2) is 0 Å². The van der Waals surface area contributed by atoms with Crippen LogP contribution in [-0.4, -0.2) is 43.5 Å². The summed E-state index contributed by atoms with van der Waals surface area (Å²) in [6.45, 7) is 8.60. The number of hydrogen-bond acceptors (Lipinski definition) is 7. The number of carboxylic acids is 1. The van der Waals surface area contributed by atoms with Gasteiger partial charge in [0.2, 0.25) is 0 Å². The van der Waals surface area contributed by atoms with Crippen molar-refractivity contribution in [3.63, 3.8) is 0 Å². The van der Waals surface area contributed by atoms with Crippen LogP contribution in [0.5, 0.6) is 11.5 Å². The van der Waals surface area contributed by atoms with Crippen molar-refractivity contribution in [2.75, 3.05) is 25.7 Å². The molecule has 3 aromatic rings. The first-order chi connectivity index (χ1) is 21.1. The zero-order chi connectivity index (χ0) is 31.9. The number of benzene rings is 3. The normalized spacial score (nSPS) is 13.0. The van der Waals surface area contributed by atoms with E-state index in [0.717, 1.165) is 64.5 Å². The molecule has 4 rings (SSSR count). The van der Waals surface area contributed by atoms with Gasteiger partial charge in [-0.3, -0.25) is 4.79 Å². The summed E-state index contributed by atoms with van der Waals surface area (Å²) in [5, 5.41) is 13.5. The molecular formula is C35H44N2O6S. The van der Waals surface area contributed by atoms with E-state index >= 15 is 0 Å². The maximum absolute atomic E-state index is 12.9. The van der Waals surface area contributed by atoms with Gasteiger partial charge in [0.1, 0.15) is 17.1 Å². The Morgan fingerprint density at radius 3 is 2.18 bits per heavy atom. The molecule has 236 valence electrons. The second-order valence-corrected chi connectivity index (χ2v) is 12.9. The highest BCUT2D eigenvalue weighted by Crippen LogP contribution is 2.55. The van der Waals surface area contributed by atoms with E-state index < -0.39 is 23.6 Å². The molecule has 1 heterocycles. The lowest BCUT2D eigenvalue weighted by molar-refractivity contribution is -0.138. The number of methoxy groups -OCH3 is 2. The first-order valence-electron chi connectivity index (χ1n) is 15.2. The minimum Gasteiger partial charge on any atom is -0.496 e. The van der Waals surface area contributed by atoms with Crippen molar-refractivity contribution in [1.29, 1.82) is 0 Å². The molecule has 0 fully saturated rings. The Kier molecular flexibility index (Phi) is 11.1. The highest BCUT2D eigenvalue weighted by molar-refractivity contribution is 7.99. The molecule has 0 bridgehead atoms. The van der Waals surface area contributed by atoms with Gasteiger partial charge in [0.25, 0.3) is 0 Å². The number of nitrogens with one attached hydrogen (secondary N) is 1. The van der Waals surface area contributed by atoms with Crippen molar-refractivity contribution in [1.82, 2.24) is 5.32 Å². The Morgan fingerprint density at radius 1 is 0.909 bits per heavy atom. The molecule has 0 aliphatic carbocycles. The fourth-order valence-electron chi connectivity index (χ4n) is 5.49. The van der Waals surface area contributed by atoms with Crippen LogP contribution in [0.25, 0.3) is 0 Å². The van der Waals surface area contributed by atoms with Crippen molar-refractivity contribution < 1.29 is 28.9 Å². The van der Waals surface area contributed by atoms with Crippen LogP contribution in [0.15, 0.2) is 64.4 Å². The lowest BCUT2D eigenvalue weighted by atomic mass is 9.90. The number of hydrogen-bond donors (Lipinski definition) is 2. The van der Waals surface area contributed by atoms with Gasteiger partial charge in [-0.1, -0.05) is 68.3 Å². The van der Waals surface area contributed by atoms with Gasteiger partial charge in [0, 0.05) is 27.5 Å². The average molecular weight is 621 g/mol. The van der Waals surface area contributed by atoms with E-state index in [2.05, 4.69) is 17.1 Å². The molecule has 1 atom stereocenters. The van der Waals surface area contributed by atoms with Crippen LogP contribution >= 0.6 is 11.8 Å². The van der Waals surface area contributed by atoms with Crippen molar-refractivity contribution in [3.05, 3.63) is 71.3 Å². The highest BCUT2D eigenvalue weighted by Gasteiger charge is 2.35. The summed E-state index contributed by atoms with van der Waals surface area (Å²) < 4.78 is 17.1. The number of unbranched alkanes of at least 4 members (excludes halogenated alkanes) is 3. The van der Waals surface area contributed by atoms with Crippen LogP contribution in [0, 0.1) is 0 Å². The minimum atomic E-state index is -0.918. The number of carbonyl (C=O) groups excluding carboxylic acids is 1. The molecule has 2 N–H and O–H groups in total. The molecule has 0 radical (unpaired) electrons. The van der Waals surface area contributed by atoms with Crippen LogP contribution in [0.2, 0.25) is 0 Å². The monoisotopic (exact) mass is 620 g/mol. The van der Waals surface area contributed by atoms with Crippen LogP contribution < -0.4 is 19.7 Å². The number of nitrogens with zero attached hydrogens (tertiary/aromatic N) is 1. The van der Waals surface area contributed by atoms with E-state index in [9.17, 15) is 14.7 Å². The van der Waals surface area contributed by atoms with Gasteiger partial charge in [-0.25, -0.2) is 4.79 Å². The smallest absolute Gasteiger partial charge is 0.407 e. The number of aliphatic carboxylic acids is 1. The lowest BCUT2D eigenvalue weighted by Gasteiger charge is -2.36. The summed E-state index contributed by atoms with van der Waals surface area (Å²) in [5.41, 5.74) is 3.68. The van der Waals surface area contributed by atoms with Gasteiger partial charge in [-0.15, -0.1) is 0 Å². The Balaban J connectivity index is 1.86. The van der Waals surface area contributed by atoms with E-state index in [1.165, 1.54) is 11.8 Å². The Bertz CT molecular complexity index is 1450. The summed E-state index contributed by atoms with van der Waals surface area (Å²) in [4.78, 5) is 29.6. The van der Waals surface area contributed by atoms with E-state index in [4.69, 9.17) is 14.2 Å². The number of fused-ring (bicyclic) bond motifs is 2. The number of alkyl carbamates (subject to hydrolysis) is 1. The topological polar surface area (TPSA) is 97.3 Å². The molecule has 44 heavy (non-hydrogen) atoms. The second-order valence-electron chi connectivity index (χ2n) is 11.9. The van der Waals surface area contributed by atoms with Gasteiger partial charge in [-0.2, -0.15) is 0 Å². The molecule has 8 nitrogen and oxygen atoms in total. The molecule has 0 saturated heterocycles. The summed E-state index contributed by atoms with van der Waals surface area (Å²) in [6.07, 6.45) is 4.12. The van der Waals surface area contributed by atoms with Gasteiger partial charge < -0.3 is 29.5 Å². The molecule has 1 aliphatic heterocycles. The number of amides is 1. The summed E-state index contributed by atoms with van der Waals surface area (Å²) in [6, 6.07) is 17.5. The second kappa shape index (κ2) is 14.8. The Morgan fingerprint density at radius 2 is 1.57 bits per heavy atom. The van der Waals surface area contributed by atoms with Gasteiger partial charge in [0.05, 0.1) is 38.1 Å². The highest BCUT2D eigenvalue weighted by atomic mass is 32.2. The maximum atomic E-state index is 12.9. The van der Waals surface area contributed by atoms with E-state index in [1.807, 2.05) is 75.4 Å². The average Bonchev–Trinajstić information content (AvgIpc) is 2.99. The molecule has 0 aromatic heterocycles. The Labute approximate surface area is 265 Å². The first-order valence-corrected chi connectivity index (χ1v) is 16.0. The van der Waals surface area contributed by atoms with Crippen LogP contribution in [0.3, 0.4) is 0 Å². The third-order valence-corrected chi connectivity index (χ3v) is 8.82. The number of carbonyl (C=O) groups is 2. The number of ether oxygens (including phenoxy) is 3.